The van der Waals surface area contributed by atoms with Crippen molar-refractivity contribution >= 4 is 21.0 Å². The molecule has 1 aliphatic carbocycles. The van der Waals surface area contributed by atoms with Crippen LogP contribution in [0.5, 0.6) is 11.5 Å². The molecule has 0 amide bonds. The Balaban J connectivity index is 1.39. The van der Waals surface area contributed by atoms with Gasteiger partial charge in [-0.2, -0.15) is 22.0 Å². The molecule has 44 heavy (non-hydrogen) atoms. The normalized spacial score (nSPS) is 14.6. The number of phenolic OH excluding ortho intramolecular Hbond substituents is 2. The van der Waals surface area contributed by atoms with Crippen LogP contribution in [0, 0.1) is 0 Å². The number of hydrogen-bond acceptors (Lipinski definition) is 5. The molecule has 5 nitrogen and oxygen atoms in total. The van der Waals surface area contributed by atoms with Crippen LogP contribution >= 0.6 is 0 Å². The fraction of sp³-hybridized carbons (Fsp3) is 0.576. The summed E-state index contributed by atoms with van der Waals surface area (Å²) in [6.07, 6.45) is 0.679. The smallest absolute Gasteiger partial charge is 0.453 e. The molecule has 3 rings (SSSR count). The summed E-state index contributed by atoms with van der Waals surface area (Å²) in [7, 11) is -1.72. The van der Waals surface area contributed by atoms with E-state index in [-0.39, 0.29) is 17.3 Å². The Hall–Kier alpha value is -2.66. The van der Waals surface area contributed by atoms with Crippen LogP contribution in [-0.4, -0.2) is 67.3 Å². The highest BCUT2D eigenvalue weighted by molar-refractivity contribution is 7.91. The maximum atomic E-state index is 13.0. The molecule has 0 radical (unpaired) electrons. The monoisotopic (exact) mass is 645 g/mol. The molecule has 0 spiro atoms. The predicted octanol–water partition coefficient (Wildman–Crippen LogP) is 8.40. The number of rotatable bonds is 17. The fourth-order valence-corrected chi connectivity index (χ4v) is 7.19. The third-order valence-electron chi connectivity index (χ3n) is 8.17. The van der Waals surface area contributed by atoms with E-state index in [0.717, 1.165) is 69.0 Å². The summed E-state index contributed by atoms with van der Waals surface area (Å²) in [5.41, 5.74) is 5.85. The molecular weight excluding hydrogens is 601 g/mol. The molecule has 0 aliphatic heterocycles. The molecule has 1 aliphatic rings. The average molecular weight is 646 g/mol. The van der Waals surface area contributed by atoms with Crippen LogP contribution in [0.2, 0.25) is 0 Å². The van der Waals surface area contributed by atoms with Gasteiger partial charge in [-0.3, -0.25) is 0 Å². The van der Waals surface area contributed by atoms with Gasteiger partial charge in [-0.15, -0.1) is 0 Å². The molecule has 2 aromatic rings. The molecule has 0 fully saturated rings. The number of sulfone groups is 1. The van der Waals surface area contributed by atoms with E-state index < -0.39 is 40.5 Å². The topological polar surface area (TPSA) is 77.8 Å². The number of halogens is 5. The maximum Gasteiger partial charge on any atom is 0.453 e. The molecule has 2 aromatic carbocycles. The van der Waals surface area contributed by atoms with Crippen LogP contribution in [0.3, 0.4) is 0 Å². The number of benzene rings is 2. The van der Waals surface area contributed by atoms with Crippen LogP contribution in [0.15, 0.2) is 42.5 Å². The Morgan fingerprint density at radius 1 is 0.795 bits per heavy atom. The van der Waals surface area contributed by atoms with Crippen molar-refractivity contribution in [3.8, 4) is 11.5 Å². The predicted molar refractivity (Wildman–Crippen MR) is 165 cm³/mol. The molecule has 0 heterocycles. The van der Waals surface area contributed by atoms with Gasteiger partial charge in [0.15, 0.2) is 0 Å². The summed E-state index contributed by atoms with van der Waals surface area (Å²) in [5, 5.41) is 20.1. The van der Waals surface area contributed by atoms with Crippen molar-refractivity contribution in [2.45, 2.75) is 89.1 Å². The van der Waals surface area contributed by atoms with Crippen molar-refractivity contribution in [1.82, 2.24) is 4.90 Å². The first-order chi connectivity index (χ1) is 20.7. The minimum Gasteiger partial charge on any atom is -0.508 e. The standard InChI is InChI=1S/C33H44F5NO4S/c1-39(20-6-7-21-44(42,43)22-10-18-32(34,35)33(36,37)38)19-5-3-2-4-14-31-29(25-11-8-13-27(40)23-25)15-9-12-26-24-28(41)16-17-30(26)31/h8,11,13,16-17,23-24,40-41H,2-7,9-10,12,14-15,18-22H2,1H3. The van der Waals surface area contributed by atoms with E-state index in [1.165, 1.54) is 16.7 Å². The van der Waals surface area contributed by atoms with Crippen molar-refractivity contribution < 1.29 is 40.6 Å². The van der Waals surface area contributed by atoms with Gasteiger partial charge < -0.3 is 15.1 Å². The van der Waals surface area contributed by atoms with Gasteiger partial charge in [-0.25, -0.2) is 8.42 Å². The molecule has 2 N–H and O–H groups in total. The molecule has 0 saturated carbocycles. The molecule has 0 aromatic heterocycles. The highest BCUT2D eigenvalue weighted by Crippen LogP contribution is 2.41. The first-order valence-corrected chi connectivity index (χ1v) is 17.2. The van der Waals surface area contributed by atoms with E-state index in [1.807, 2.05) is 37.4 Å². The van der Waals surface area contributed by atoms with Crippen LogP contribution in [0.25, 0.3) is 11.1 Å². The lowest BCUT2D eigenvalue weighted by Gasteiger charge is -2.19. The number of aromatic hydroxyl groups is 2. The van der Waals surface area contributed by atoms with Crippen molar-refractivity contribution in [2.24, 2.45) is 0 Å². The summed E-state index contributed by atoms with van der Waals surface area (Å²) < 4.78 is 86.8. The number of alkyl halides is 5. The number of fused-ring (bicyclic) bond motifs is 1. The van der Waals surface area contributed by atoms with Gasteiger partial charge in [0.1, 0.15) is 21.3 Å². The van der Waals surface area contributed by atoms with E-state index in [0.29, 0.717) is 19.4 Å². The number of nitrogens with zero attached hydrogens (tertiary/aromatic N) is 1. The Morgan fingerprint density at radius 2 is 1.45 bits per heavy atom. The molecular formula is C33H44F5NO4S. The number of allylic oxidation sites excluding steroid dienone is 2. The lowest BCUT2D eigenvalue weighted by atomic mass is 9.89. The minimum absolute atomic E-state index is 0.221. The van der Waals surface area contributed by atoms with E-state index in [4.69, 9.17) is 0 Å². The van der Waals surface area contributed by atoms with Crippen molar-refractivity contribution in [3.63, 3.8) is 0 Å². The SMILES string of the molecule is CN(CCCCCCC1=C(c2cccc(O)c2)CCCc2cc(O)ccc21)CCCCS(=O)(=O)CCCC(F)(F)C(F)(F)F. The Morgan fingerprint density at radius 3 is 2.16 bits per heavy atom. The van der Waals surface area contributed by atoms with Gasteiger partial charge in [0, 0.05) is 6.42 Å². The van der Waals surface area contributed by atoms with Gasteiger partial charge in [0.2, 0.25) is 0 Å². The zero-order valence-corrected chi connectivity index (χ0v) is 26.1. The van der Waals surface area contributed by atoms with Gasteiger partial charge >= 0.3 is 12.1 Å². The third kappa shape index (κ3) is 11.1. The molecule has 0 saturated heterocycles. The summed E-state index contributed by atoms with van der Waals surface area (Å²) in [6, 6.07) is 13.0. The molecule has 246 valence electrons. The second kappa shape index (κ2) is 16.1. The van der Waals surface area contributed by atoms with Gasteiger partial charge in [0.25, 0.3) is 0 Å². The number of aryl methyl sites for hydroxylation is 1. The number of phenols is 2. The van der Waals surface area contributed by atoms with E-state index in [9.17, 15) is 40.6 Å². The van der Waals surface area contributed by atoms with E-state index >= 15 is 0 Å². The van der Waals surface area contributed by atoms with Crippen molar-refractivity contribution in [2.75, 3.05) is 31.6 Å². The van der Waals surface area contributed by atoms with Gasteiger partial charge in [0.05, 0.1) is 11.5 Å². The summed E-state index contributed by atoms with van der Waals surface area (Å²) in [6.45, 7) is 1.52. The molecule has 0 unspecified atom stereocenters. The Labute approximate surface area is 257 Å². The Kier molecular flexibility index (Phi) is 13.1. The third-order valence-corrected chi connectivity index (χ3v) is 9.99. The fourth-order valence-electron chi connectivity index (χ4n) is 5.76. The number of hydrogen-bond donors (Lipinski definition) is 2. The van der Waals surface area contributed by atoms with Crippen LogP contribution < -0.4 is 0 Å². The van der Waals surface area contributed by atoms with Crippen LogP contribution in [0.1, 0.15) is 87.3 Å². The van der Waals surface area contributed by atoms with E-state index in [2.05, 4.69) is 4.90 Å². The van der Waals surface area contributed by atoms with Crippen LogP contribution in [0.4, 0.5) is 22.0 Å². The lowest BCUT2D eigenvalue weighted by Crippen LogP contribution is -2.36. The van der Waals surface area contributed by atoms with Crippen LogP contribution in [-0.2, 0) is 16.3 Å². The van der Waals surface area contributed by atoms with Gasteiger partial charge in [-0.1, -0.05) is 31.0 Å². The lowest BCUT2D eigenvalue weighted by molar-refractivity contribution is -0.284. The molecule has 0 bridgehead atoms. The second-order valence-electron chi connectivity index (χ2n) is 11.8. The van der Waals surface area contributed by atoms with Crippen molar-refractivity contribution in [1.29, 1.82) is 0 Å². The summed E-state index contributed by atoms with van der Waals surface area (Å²) in [5.74, 6) is -5.26. The first-order valence-electron chi connectivity index (χ1n) is 15.4. The Bertz CT molecular complexity index is 1360. The zero-order chi connectivity index (χ0) is 32.4. The first kappa shape index (κ1) is 35.8. The largest absolute Gasteiger partial charge is 0.508 e. The molecule has 0 atom stereocenters. The summed E-state index contributed by atoms with van der Waals surface area (Å²) >= 11 is 0. The summed E-state index contributed by atoms with van der Waals surface area (Å²) in [4.78, 5) is 2.12. The number of unbranched alkanes of at least 4 members (excludes halogenated alkanes) is 4. The second-order valence-corrected chi connectivity index (χ2v) is 14.1. The maximum absolute atomic E-state index is 13.0. The van der Waals surface area contributed by atoms with Crippen molar-refractivity contribution in [3.05, 3.63) is 59.2 Å². The highest BCUT2D eigenvalue weighted by atomic mass is 32.2. The average Bonchev–Trinajstić information content (AvgIpc) is 3.11. The van der Waals surface area contributed by atoms with E-state index in [1.54, 1.807) is 12.1 Å². The zero-order valence-electron chi connectivity index (χ0n) is 25.3. The van der Waals surface area contributed by atoms with Gasteiger partial charge in [-0.05, 0) is 130 Å². The molecule has 11 heteroatoms. The quantitative estimate of drug-likeness (QED) is 0.134. The minimum atomic E-state index is -5.66. The highest BCUT2D eigenvalue weighted by Gasteiger charge is 2.56.